The molecule has 28 heavy (non-hydrogen) atoms. The van der Waals surface area contributed by atoms with E-state index >= 15 is 0 Å². The van der Waals surface area contributed by atoms with Crippen molar-refractivity contribution in [2.75, 3.05) is 6.54 Å². The summed E-state index contributed by atoms with van der Waals surface area (Å²) in [5.74, 6) is 0.554. The molecule has 1 N–H and O–H groups in total. The molecule has 2 rings (SSSR count). The molecule has 2 fully saturated rings. The van der Waals surface area contributed by atoms with E-state index in [2.05, 4.69) is 29.9 Å². The Morgan fingerprint density at radius 3 is 2.79 bits per heavy atom. The van der Waals surface area contributed by atoms with Crippen molar-refractivity contribution in [3.63, 3.8) is 0 Å². The summed E-state index contributed by atoms with van der Waals surface area (Å²) in [5.41, 5.74) is 9.48. The van der Waals surface area contributed by atoms with Crippen LogP contribution in [-0.2, 0) is 9.47 Å². The summed E-state index contributed by atoms with van der Waals surface area (Å²) >= 11 is 0. The molecular weight excluding hydrogens is 354 g/mol. The first-order valence-electron chi connectivity index (χ1n) is 11.1. The van der Waals surface area contributed by atoms with E-state index in [1.807, 2.05) is 13.8 Å². The van der Waals surface area contributed by atoms with Crippen molar-refractivity contribution in [3.05, 3.63) is 22.1 Å². The van der Waals surface area contributed by atoms with Crippen molar-refractivity contribution < 1.29 is 14.6 Å². The van der Waals surface area contributed by atoms with Gasteiger partial charge in [-0.25, -0.2) is 0 Å². The Morgan fingerprint density at radius 2 is 2.07 bits per heavy atom. The van der Waals surface area contributed by atoms with Gasteiger partial charge in [0, 0.05) is 24.3 Å². The zero-order valence-electron chi connectivity index (χ0n) is 18.1. The minimum atomic E-state index is -0.410. The molecule has 0 aromatic heterocycles. The Labute approximate surface area is 170 Å². The summed E-state index contributed by atoms with van der Waals surface area (Å²) in [6.45, 7) is 8.81. The van der Waals surface area contributed by atoms with Crippen LogP contribution in [0.1, 0.15) is 85.5 Å². The number of azide groups is 1. The Balaban J connectivity index is 1.86. The fourth-order valence-electron chi connectivity index (χ4n) is 4.45. The summed E-state index contributed by atoms with van der Waals surface area (Å²) in [7, 11) is 0. The van der Waals surface area contributed by atoms with Crippen LogP contribution in [-0.4, -0.2) is 35.8 Å². The van der Waals surface area contributed by atoms with Crippen molar-refractivity contribution in [1.82, 2.24) is 0 Å². The molecule has 2 saturated heterocycles. The molecule has 0 aromatic rings. The lowest BCUT2D eigenvalue weighted by Gasteiger charge is -2.48. The fraction of sp³-hybridized carbons (Fsp3) is 0.909. The minimum Gasteiger partial charge on any atom is -0.389 e. The van der Waals surface area contributed by atoms with Gasteiger partial charge in [-0.2, -0.15) is 0 Å². The third-order valence-electron chi connectivity index (χ3n) is 6.41. The van der Waals surface area contributed by atoms with Gasteiger partial charge in [-0.3, -0.25) is 0 Å². The van der Waals surface area contributed by atoms with Crippen LogP contribution in [0.4, 0.5) is 0 Å². The highest BCUT2D eigenvalue weighted by molar-refractivity contribution is 5.04. The molecule has 0 saturated carbocycles. The van der Waals surface area contributed by atoms with Crippen LogP contribution in [0.15, 0.2) is 16.8 Å². The van der Waals surface area contributed by atoms with Gasteiger partial charge in [-0.1, -0.05) is 25.0 Å². The van der Waals surface area contributed by atoms with Gasteiger partial charge in [-0.15, -0.1) is 0 Å². The standard InChI is InChI=1S/C22H39N3O3/c1-16(15-18(3)19(4)26)9-10-20-7-5-12-22(27-20)13-11-17(2)21(28-22)8-6-14-24-25-23/h15-17,19-21,26H,5-14H2,1-4H3/b18-15+/t16-,17-,19-,20-,21+,22-/m0/s1. The summed E-state index contributed by atoms with van der Waals surface area (Å²) in [4.78, 5) is 2.83. The second kappa shape index (κ2) is 11.2. The van der Waals surface area contributed by atoms with E-state index in [0.29, 0.717) is 18.4 Å². The molecule has 0 aliphatic carbocycles. The topological polar surface area (TPSA) is 87.5 Å². The van der Waals surface area contributed by atoms with E-state index in [0.717, 1.165) is 63.4 Å². The van der Waals surface area contributed by atoms with E-state index in [1.54, 1.807) is 0 Å². The first-order chi connectivity index (χ1) is 13.3. The lowest BCUT2D eigenvalue weighted by molar-refractivity contribution is -0.324. The predicted molar refractivity (Wildman–Crippen MR) is 112 cm³/mol. The van der Waals surface area contributed by atoms with Gasteiger partial charge in [0.15, 0.2) is 5.79 Å². The van der Waals surface area contributed by atoms with Crippen molar-refractivity contribution in [2.45, 2.75) is 110 Å². The van der Waals surface area contributed by atoms with Crippen molar-refractivity contribution in [2.24, 2.45) is 17.0 Å². The highest BCUT2D eigenvalue weighted by Crippen LogP contribution is 2.43. The Hall–Kier alpha value is -1.07. The Bertz CT molecular complexity index is 559. The molecule has 2 aliphatic heterocycles. The van der Waals surface area contributed by atoms with Gasteiger partial charge in [-0.05, 0) is 81.7 Å². The lowest BCUT2D eigenvalue weighted by atomic mass is 9.85. The molecule has 0 unspecified atom stereocenters. The van der Waals surface area contributed by atoms with Crippen LogP contribution in [0.25, 0.3) is 10.4 Å². The number of nitrogens with zero attached hydrogens (tertiary/aromatic N) is 3. The van der Waals surface area contributed by atoms with Crippen molar-refractivity contribution in [1.29, 1.82) is 0 Å². The lowest BCUT2D eigenvalue weighted by Crippen LogP contribution is -2.50. The van der Waals surface area contributed by atoms with Gasteiger partial charge in [0.1, 0.15) is 0 Å². The normalized spacial score (nSPS) is 33.3. The summed E-state index contributed by atoms with van der Waals surface area (Å²) in [6, 6.07) is 0. The number of rotatable bonds is 9. The summed E-state index contributed by atoms with van der Waals surface area (Å²) in [6.07, 6.45) is 11.5. The molecule has 6 nitrogen and oxygen atoms in total. The molecule has 6 heteroatoms. The number of aliphatic hydroxyl groups is 1. The third kappa shape index (κ3) is 7.07. The van der Waals surface area contributed by atoms with Crippen LogP contribution >= 0.6 is 0 Å². The van der Waals surface area contributed by atoms with Crippen LogP contribution in [0, 0.1) is 11.8 Å². The van der Waals surface area contributed by atoms with Crippen LogP contribution in [0.2, 0.25) is 0 Å². The molecule has 0 radical (unpaired) electrons. The smallest absolute Gasteiger partial charge is 0.169 e. The first kappa shape index (κ1) is 23.2. The Kier molecular flexibility index (Phi) is 9.29. The van der Waals surface area contributed by atoms with Gasteiger partial charge in [0.2, 0.25) is 0 Å². The highest BCUT2D eigenvalue weighted by atomic mass is 16.7. The fourth-order valence-corrected chi connectivity index (χ4v) is 4.45. The molecule has 0 aromatic carbocycles. The van der Waals surface area contributed by atoms with E-state index in [-0.39, 0.29) is 18.3 Å². The summed E-state index contributed by atoms with van der Waals surface area (Å²) < 4.78 is 13.1. The number of allylic oxidation sites excluding steroid dienone is 1. The molecular formula is C22H39N3O3. The zero-order chi connectivity index (χ0) is 20.6. The molecule has 6 atom stereocenters. The molecule has 2 aliphatic rings. The predicted octanol–water partition coefficient (Wildman–Crippen LogP) is 5.90. The minimum absolute atomic E-state index is 0.192. The molecule has 0 amide bonds. The maximum Gasteiger partial charge on any atom is 0.169 e. The van der Waals surface area contributed by atoms with Crippen molar-refractivity contribution in [3.8, 4) is 0 Å². The average Bonchev–Trinajstić information content (AvgIpc) is 2.66. The van der Waals surface area contributed by atoms with Crippen molar-refractivity contribution >= 4 is 0 Å². The summed E-state index contributed by atoms with van der Waals surface area (Å²) in [5, 5.41) is 13.3. The van der Waals surface area contributed by atoms with Crippen LogP contribution < -0.4 is 0 Å². The maximum atomic E-state index is 9.66. The van der Waals surface area contributed by atoms with Gasteiger partial charge in [0.25, 0.3) is 0 Å². The van der Waals surface area contributed by atoms with E-state index in [4.69, 9.17) is 15.0 Å². The van der Waals surface area contributed by atoms with Gasteiger partial charge in [0.05, 0.1) is 18.3 Å². The SMILES string of the molecule is C/C(=C\[C@@H](C)CC[C@@H]1CCC[C@]2(CC[C@H](C)[C@@H](CCCN=[N+]=[N-])O2)O1)[C@H](C)O. The van der Waals surface area contributed by atoms with Crippen LogP contribution in [0.5, 0.6) is 0 Å². The second-order valence-electron chi connectivity index (χ2n) is 8.95. The van der Waals surface area contributed by atoms with E-state index in [1.165, 1.54) is 0 Å². The molecule has 2 heterocycles. The second-order valence-corrected chi connectivity index (χ2v) is 8.95. The van der Waals surface area contributed by atoms with E-state index < -0.39 is 5.79 Å². The number of hydrogen-bond acceptors (Lipinski definition) is 4. The largest absolute Gasteiger partial charge is 0.389 e. The first-order valence-corrected chi connectivity index (χ1v) is 11.1. The molecule has 1 spiro atoms. The number of ether oxygens (including phenoxy) is 2. The van der Waals surface area contributed by atoms with E-state index in [9.17, 15) is 5.11 Å². The van der Waals surface area contributed by atoms with Gasteiger partial charge < -0.3 is 14.6 Å². The highest BCUT2D eigenvalue weighted by Gasteiger charge is 2.44. The average molecular weight is 394 g/mol. The monoisotopic (exact) mass is 393 g/mol. The number of hydrogen-bond donors (Lipinski definition) is 1. The zero-order valence-corrected chi connectivity index (χ0v) is 18.1. The number of aliphatic hydroxyl groups excluding tert-OH is 1. The third-order valence-corrected chi connectivity index (χ3v) is 6.41. The molecule has 0 bridgehead atoms. The van der Waals surface area contributed by atoms with Crippen LogP contribution in [0.3, 0.4) is 0 Å². The van der Waals surface area contributed by atoms with Gasteiger partial charge >= 0.3 is 0 Å². The quantitative estimate of drug-likeness (QED) is 0.174. The Morgan fingerprint density at radius 1 is 1.29 bits per heavy atom. The molecule has 160 valence electrons. The maximum absolute atomic E-state index is 9.66.